The van der Waals surface area contributed by atoms with E-state index in [1.807, 2.05) is 25.1 Å². The quantitative estimate of drug-likeness (QED) is 0.733. The van der Waals surface area contributed by atoms with E-state index >= 15 is 0 Å². The Labute approximate surface area is 131 Å². The second kappa shape index (κ2) is 5.35. The van der Waals surface area contributed by atoms with Gasteiger partial charge in [-0.15, -0.1) is 5.10 Å². The van der Waals surface area contributed by atoms with Gasteiger partial charge in [-0.3, -0.25) is 0 Å². The minimum Gasteiger partial charge on any atom is -0.398 e. The van der Waals surface area contributed by atoms with E-state index in [9.17, 15) is 0 Å². The van der Waals surface area contributed by atoms with Gasteiger partial charge in [-0.05, 0) is 47.2 Å². The largest absolute Gasteiger partial charge is 0.398 e. The normalized spacial score (nSPS) is 10.8. The molecule has 1 heterocycles. The molecule has 1 aromatic heterocycles. The van der Waals surface area contributed by atoms with Crippen LogP contribution in [0.2, 0.25) is 10.0 Å². The van der Waals surface area contributed by atoms with E-state index in [1.54, 1.807) is 22.9 Å². The predicted molar refractivity (Wildman–Crippen MR) is 83.8 cm³/mol. The molecule has 0 saturated carbocycles. The topological polar surface area (TPSA) is 69.6 Å². The highest BCUT2D eigenvalue weighted by Gasteiger charge is 2.14. The summed E-state index contributed by atoms with van der Waals surface area (Å²) in [6, 6.07) is 10.8. The Kier molecular flexibility index (Phi) is 3.53. The molecule has 0 spiro atoms. The highest BCUT2D eigenvalue weighted by molar-refractivity contribution is 6.42. The van der Waals surface area contributed by atoms with Crippen molar-refractivity contribution in [1.82, 2.24) is 20.2 Å². The van der Waals surface area contributed by atoms with Gasteiger partial charge in [0.25, 0.3) is 0 Å². The van der Waals surface area contributed by atoms with Crippen molar-refractivity contribution in [3.05, 3.63) is 52.0 Å². The molecule has 21 heavy (non-hydrogen) atoms. The number of hydrogen-bond donors (Lipinski definition) is 1. The number of hydrogen-bond acceptors (Lipinski definition) is 4. The number of aromatic nitrogens is 4. The van der Waals surface area contributed by atoms with Gasteiger partial charge < -0.3 is 5.73 Å². The molecule has 3 aromatic rings. The number of halogens is 2. The number of anilines is 1. The van der Waals surface area contributed by atoms with Crippen molar-refractivity contribution >= 4 is 28.9 Å². The number of nitrogens with zero attached hydrogens (tertiary/aromatic N) is 4. The van der Waals surface area contributed by atoms with Crippen molar-refractivity contribution < 1.29 is 0 Å². The summed E-state index contributed by atoms with van der Waals surface area (Å²) >= 11 is 12.0. The summed E-state index contributed by atoms with van der Waals surface area (Å²) in [4.78, 5) is 0. The third-order valence-electron chi connectivity index (χ3n) is 3.23. The number of nitrogen functional groups attached to an aromatic ring is 1. The van der Waals surface area contributed by atoms with E-state index in [1.165, 1.54) is 0 Å². The van der Waals surface area contributed by atoms with Crippen molar-refractivity contribution in [3.63, 3.8) is 0 Å². The molecule has 5 nitrogen and oxygen atoms in total. The van der Waals surface area contributed by atoms with Crippen molar-refractivity contribution in [2.24, 2.45) is 0 Å². The van der Waals surface area contributed by atoms with Gasteiger partial charge in [-0.25, -0.2) is 0 Å². The van der Waals surface area contributed by atoms with Gasteiger partial charge >= 0.3 is 0 Å². The highest BCUT2D eigenvalue weighted by atomic mass is 35.5. The van der Waals surface area contributed by atoms with Gasteiger partial charge in [0.2, 0.25) is 0 Å². The monoisotopic (exact) mass is 319 g/mol. The average Bonchev–Trinajstić information content (AvgIpc) is 2.94. The van der Waals surface area contributed by atoms with Crippen LogP contribution in [0.4, 0.5) is 5.69 Å². The summed E-state index contributed by atoms with van der Waals surface area (Å²) in [6.07, 6.45) is 0. The lowest BCUT2D eigenvalue weighted by atomic mass is 10.1. The molecule has 0 saturated heterocycles. The fourth-order valence-electron chi connectivity index (χ4n) is 2.04. The molecule has 3 rings (SSSR count). The molecule has 7 heteroatoms. The van der Waals surface area contributed by atoms with Crippen LogP contribution in [0.5, 0.6) is 0 Å². The first-order valence-electron chi connectivity index (χ1n) is 6.17. The third kappa shape index (κ3) is 2.46. The van der Waals surface area contributed by atoms with Crippen LogP contribution in [0.15, 0.2) is 36.4 Å². The standard InChI is InChI=1S/C14H11Cl2N5/c1-8-10(3-2-4-13(8)17)14-18-19-20-21(14)9-5-6-11(15)12(16)7-9/h2-7H,17H2,1H3. The molecule has 2 aromatic carbocycles. The molecule has 0 unspecified atom stereocenters. The molecule has 106 valence electrons. The van der Waals surface area contributed by atoms with Crippen LogP contribution < -0.4 is 5.73 Å². The zero-order valence-electron chi connectivity index (χ0n) is 11.1. The lowest BCUT2D eigenvalue weighted by Gasteiger charge is -2.09. The van der Waals surface area contributed by atoms with Gasteiger partial charge in [0.1, 0.15) is 0 Å². The van der Waals surface area contributed by atoms with Crippen LogP contribution in [0.1, 0.15) is 5.56 Å². The number of tetrazole rings is 1. The predicted octanol–water partition coefficient (Wildman–Crippen LogP) is 3.53. The fourth-order valence-corrected chi connectivity index (χ4v) is 2.33. The van der Waals surface area contributed by atoms with E-state index in [2.05, 4.69) is 15.5 Å². The highest BCUT2D eigenvalue weighted by Crippen LogP contribution is 2.29. The summed E-state index contributed by atoms with van der Waals surface area (Å²) in [5.74, 6) is 0.596. The Morgan fingerprint density at radius 3 is 2.67 bits per heavy atom. The molecule has 0 aliphatic carbocycles. The molecule has 0 atom stereocenters. The van der Waals surface area contributed by atoms with Crippen molar-refractivity contribution in [2.75, 3.05) is 5.73 Å². The maximum Gasteiger partial charge on any atom is 0.187 e. The van der Waals surface area contributed by atoms with Crippen LogP contribution in [0, 0.1) is 6.92 Å². The van der Waals surface area contributed by atoms with Crippen LogP contribution in [-0.4, -0.2) is 20.2 Å². The lowest BCUT2D eigenvalue weighted by Crippen LogP contribution is -2.02. The van der Waals surface area contributed by atoms with Crippen molar-refractivity contribution in [1.29, 1.82) is 0 Å². The molecular formula is C14H11Cl2N5. The second-order valence-electron chi connectivity index (χ2n) is 4.53. The first-order valence-corrected chi connectivity index (χ1v) is 6.93. The molecule has 2 N–H and O–H groups in total. The van der Waals surface area contributed by atoms with E-state index < -0.39 is 0 Å². The SMILES string of the molecule is Cc1c(N)cccc1-c1nnnn1-c1ccc(Cl)c(Cl)c1. The lowest BCUT2D eigenvalue weighted by molar-refractivity contribution is 0.791. The number of benzene rings is 2. The Morgan fingerprint density at radius 1 is 1.10 bits per heavy atom. The summed E-state index contributed by atoms with van der Waals surface area (Å²) < 4.78 is 1.60. The minimum absolute atomic E-state index is 0.444. The molecule has 0 aliphatic heterocycles. The van der Waals surface area contributed by atoms with Gasteiger partial charge in [-0.1, -0.05) is 35.3 Å². The molecular weight excluding hydrogens is 309 g/mol. The molecule has 0 amide bonds. The Balaban J connectivity index is 2.17. The Bertz CT molecular complexity index is 813. The first-order chi connectivity index (χ1) is 10.1. The molecule has 0 radical (unpaired) electrons. The number of rotatable bonds is 2. The zero-order chi connectivity index (χ0) is 15.0. The van der Waals surface area contributed by atoms with E-state index in [-0.39, 0.29) is 0 Å². The van der Waals surface area contributed by atoms with Crippen LogP contribution >= 0.6 is 23.2 Å². The molecule has 0 aliphatic rings. The van der Waals surface area contributed by atoms with Gasteiger partial charge in [-0.2, -0.15) is 4.68 Å². The van der Waals surface area contributed by atoms with Gasteiger partial charge in [0.15, 0.2) is 5.82 Å². The van der Waals surface area contributed by atoms with Crippen LogP contribution in [-0.2, 0) is 0 Å². The maximum absolute atomic E-state index is 6.05. The Hall–Kier alpha value is -2.11. The first kappa shape index (κ1) is 13.9. The van der Waals surface area contributed by atoms with Crippen molar-refractivity contribution in [2.45, 2.75) is 6.92 Å². The smallest absolute Gasteiger partial charge is 0.187 e. The fraction of sp³-hybridized carbons (Fsp3) is 0.0714. The van der Waals surface area contributed by atoms with Crippen LogP contribution in [0.25, 0.3) is 17.1 Å². The van der Waals surface area contributed by atoms with Crippen molar-refractivity contribution in [3.8, 4) is 17.1 Å². The maximum atomic E-state index is 6.05. The summed E-state index contributed by atoms with van der Waals surface area (Å²) in [7, 11) is 0. The van der Waals surface area contributed by atoms with Crippen LogP contribution in [0.3, 0.4) is 0 Å². The summed E-state index contributed by atoms with van der Waals surface area (Å²) in [5.41, 5.74) is 9.15. The van der Waals surface area contributed by atoms with Gasteiger partial charge in [0, 0.05) is 11.3 Å². The zero-order valence-corrected chi connectivity index (χ0v) is 12.6. The average molecular weight is 320 g/mol. The molecule has 0 fully saturated rings. The second-order valence-corrected chi connectivity index (χ2v) is 5.35. The van der Waals surface area contributed by atoms with E-state index in [0.29, 0.717) is 21.6 Å². The molecule has 0 bridgehead atoms. The van der Waals surface area contributed by atoms with E-state index in [4.69, 9.17) is 28.9 Å². The third-order valence-corrected chi connectivity index (χ3v) is 3.97. The summed E-state index contributed by atoms with van der Waals surface area (Å²) in [6.45, 7) is 1.93. The Morgan fingerprint density at radius 2 is 1.90 bits per heavy atom. The summed E-state index contributed by atoms with van der Waals surface area (Å²) in [5, 5.41) is 12.8. The van der Waals surface area contributed by atoms with E-state index in [0.717, 1.165) is 16.8 Å². The van der Waals surface area contributed by atoms with Gasteiger partial charge in [0.05, 0.1) is 15.7 Å². The minimum atomic E-state index is 0.444. The number of nitrogens with two attached hydrogens (primary N) is 1.